The minimum absolute atomic E-state index is 0.454. The van der Waals surface area contributed by atoms with Gasteiger partial charge in [0.15, 0.2) is 0 Å². The molecule has 0 spiro atoms. The van der Waals surface area contributed by atoms with E-state index in [0.29, 0.717) is 11.8 Å². The summed E-state index contributed by atoms with van der Waals surface area (Å²) >= 11 is 5.90. The van der Waals surface area contributed by atoms with Gasteiger partial charge in [0, 0.05) is 6.54 Å². The molecule has 98 valence electrons. The molecule has 0 atom stereocenters. The zero-order valence-corrected chi connectivity index (χ0v) is 12.0. The van der Waals surface area contributed by atoms with Crippen LogP contribution in [0.2, 0.25) is 0 Å². The summed E-state index contributed by atoms with van der Waals surface area (Å²) < 4.78 is 2.00. The van der Waals surface area contributed by atoms with Crippen LogP contribution in [0.5, 0.6) is 0 Å². The molecule has 0 unspecified atom stereocenters. The van der Waals surface area contributed by atoms with Gasteiger partial charge in [-0.25, -0.2) is 4.68 Å². The van der Waals surface area contributed by atoms with Gasteiger partial charge < -0.3 is 4.90 Å². The molecule has 5 heteroatoms. The van der Waals surface area contributed by atoms with Crippen LogP contribution in [0.3, 0.4) is 0 Å². The fraction of sp³-hybridized carbons (Fsp3) is 0.833. The second-order valence-electron chi connectivity index (χ2n) is 5.08. The van der Waals surface area contributed by atoms with Crippen LogP contribution >= 0.6 is 11.6 Å². The summed E-state index contributed by atoms with van der Waals surface area (Å²) in [4.78, 5) is 2.15. The summed E-state index contributed by atoms with van der Waals surface area (Å²) in [5, 5.41) is 8.35. The minimum Gasteiger partial charge on any atom is -0.308 e. The Morgan fingerprint density at radius 1 is 1.35 bits per heavy atom. The van der Waals surface area contributed by atoms with Crippen LogP contribution in [0.25, 0.3) is 0 Å². The Labute approximate surface area is 109 Å². The van der Waals surface area contributed by atoms with Gasteiger partial charge in [0.25, 0.3) is 0 Å². The molecule has 0 aliphatic heterocycles. The highest BCUT2D eigenvalue weighted by molar-refractivity contribution is 6.16. The molecular weight excluding hydrogens is 236 g/mol. The van der Waals surface area contributed by atoms with Crippen molar-refractivity contribution in [1.82, 2.24) is 19.9 Å². The fourth-order valence-electron chi connectivity index (χ4n) is 1.65. The van der Waals surface area contributed by atoms with Gasteiger partial charge in [-0.15, -0.1) is 16.7 Å². The first-order valence-corrected chi connectivity index (χ1v) is 6.70. The average Bonchev–Trinajstić information content (AvgIpc) is 2.65. The van der Waals surface area contributed by atoms with Crippen molar-refractivity contribution < 1.29 is 0 Å². The maximum Gasteiger partial charge on any atom is 0.101 e. The first kappa shape index (κ1) is 14.5. The molecule has 0 aliphatic rings. The summed E-state index contributed by atoms with van der Waals surface area (Å²) in [6.45, 7) is 6.31. The van der Waals surface area contributed by atoms with E-state index >= 15 is 0 Å². The van der Waals surface area contributed by atoms with Gasteiger partial charge in [-0.05, 0) is 32.9 Å². The number of alkyl halides is 1. The van der Waals surface area contributed by atoms with Crippen LogP contribution in [-0.4, -0.2) is 40.5 Å². The Bertz CT molecular complexity index is 333. The third-order valence-corrected chi connectivity index (χ3v) is 3.02. The van der Waals surface area contributed by atoms with E-state index < -0.39 is 0 Å². The third-order valence-electron chi connectivity index (χ3n) is 2.76. The lowest BCUT2D eigenvalue weighted by atomic mass is 10.1. The molecule has 0 saturated carbocycles. The van der Waals surface area contributed by atoms with Gasteiger partial charge in [0.1, 0.15) is 5.69 Å². The van der Waals surface area contributed by atoms with Crippen molar-refractivity contribution in [3.05, 3.63) is 11.4 Å². The zero-order chi connectivity index (χ0) is 12.8. The number of nitrogens with zero attached hydrogens (tertiary/aromatic N) is 4. The molecule has 0 amide bonds. The Kier molecular flexibility index (Phi) is 5.92. The summed E-state index contributed by atoms with van der Waals surface area (Å²) in [6, 6.07) is 0. The minimum atomic E-state index is 0.454. The molecule has 4 nitrogen and oxygen atoms in total. The van der Waals surface area contributed by atoms with Crippen LogP contribution in [0.4, 0.5) is 0 Å². The topological polar surface area (TPSA) is 34.0 Å². The molecule has 1 rings (SSSR count). The Balaban J connectivity index is 2.71. The van der Waals surface area contributed by atoms with Gasteiger partial charge in [-0.1, -0.05) is 19.1 Å². The van der Waals surface area contributed by atoms with Crippen molar-refractivity contribution in [2.75, 3.05) is 20.6 Å². The lowest BCUT2D eigenvalue weighted by Crippen LogP contribution is -2.20. The first-order chi connectivity index (χ1) is 8.04. The number of rotatable bonds is 7. The Morgan fingerprint density at radius 3 is 2.59 bits per heavy atom. The van der Waals surface area contributed by atoms with E-state index in [4.69, 9.17) is 11.6 Å². The zero-order valence-electron chi connectivity index (χ0n) is 11.3. The van der Waals surface area contributed by atoms with Crippen LogP contribution in [-0.2, 0) is 18.8 Å². The molecule has 0 saturated heterocycles. The number of likely N-dealkylation sites (N-methyl/N-ethyl adjacent to an activating group) is 1. The standard InChI is InChI=1S/C12H23ClN4/c1-10(2)5-6-12-11(9-13)14-15-17(12)8-7-16(3)4/h10H,5-9H2,1-4H3. The molecule has 0 aliphatic carbocycles. The second-order valence-corrected chi connectivity index (χ2v) is 5.34. The van der Waals surface area contributed by atoms with Crippen LogP contribution in [0, 0.1) is 5.92 Å². The lowest BCUT2D eigenvalue weighted by Gasteiger charge is -2.12. The highest BCUT2D eigenvalue weighted by Crippen LogP contribution is 2.14. The predicted molar refractivity (Wildman–Crippen MR) is 71.3 cm³/mol. The Morgan fingerprint density at radius 2 is 2.06 bits per heavy atom. The normalized spacial score (nSPS) is 11.7. The van der Waals surface area contributed by atoms with E-state index in [1.54, 1.807) is 0 Å². The molecule has 1 aromatic heterocycles. The van der Waals surface area contributed by atoms with E-state index in [-0.39, 0.29) is 0 Å². The number of hydrogen-bond donors (Lipinski definition) is 0. The van der Waals surface area contributed by atoms with Crippen LogP contribution < -0.4 is 0 Å². The monoisotopic (exact) mass is 258 g/mol. The molecule has 0 fully saturated rings. The largest absolute Gasteiger partial charge is 0.308 e. The van der Waals surface area contributed by atoms with E-state index in [9.17, 15) is 0 Å². The van der Waals surface area contributed by atoms with Crippen molar-refractivity contribution in [2.45, 2.75) is 39.1 Å². The van der Waals surface area contributed by atoms with Crippen molar-refractivity contribution in [3.8, 4) is 0 Å². The van der Waals surface area contributed by atoms with Crippen molar-refractivity contribution in [1.29, 1.82) is 0 Å². The number of halogens is 1. The average molecular weight is 259 g/mol. The highest BCUT2D eigenvalue weighted by Gasteiger charge is 2.12. The molecule has 17 heavy (non-hydrogen) atoms. The van der Waals surface area contributed by atoms with E-state index in [1.807, 2.05) is 4.68 Å². The second kappa shape index (κ2) is 6.97. The van der Waals surface area contributed by atoms with E-state index in [0.717, 1.165) is 31.6 Å². The van der Waals surface area contributed by atoms with Gasteiger partial charge in [-0.3, -0.25) is 0 Å². The fourth-order valence-corrected chi connectivity index (χ4v) is 1.85. The van der Waals surface area contributed by atoms with E-state index in [2.05, 4.69) is 43.2 Å². The first-order valence-electron chi connectivity index (χ1n) is 6.16. The number of hydrogen-bond acceptors (Lipinski definition) is 3. The quantitative estimate of drug-likeness (QED) is 0.703. The smallest absolute Gasteiger partial charge is 0.101 e. The SMILES string of the molecule is CC(C)CCc1c(CCl)nnn1CCN(C)C. The molecule has 0 aromatic carbocycles. The van der Waals surface area contributed by atoms with Gasteiger partial charge in [0.05, 0.1) is 18.1 Å². The Hall–Kier alpha value is -0.610. The molecule has 1 heterocycles. The van der Waals surface area contributed by atoms with E-state index in [1.165, 1.54) is 5.69 Å². The summed E-state index contributed by atoms with van der Waals surface area (Å²) in [6.07, 6.45) is 2.17. The van der Waals surface area contributed by atoms with Gasteiger partial charge >= 0.3 is 0 Å². The molecule has 1 aromatic rings. The highest BCUT2D eigenvalue weighted by atomic mass is 35.5. The maximum atomic E-state index is 5.90. The molecule has 0 N–H and O–H groups in total. The van der Waals surface area contributed by atoms with Crippen molar-refractivity contribution in [3.63, 3.8) is 0 Å². The van der Waals surface area contributed by atoms with Gasteiger partial charge in [0.2, 0.25) is 0 Å². The van der Waals surface area contributed by atoms with Gasteiger partial charge in [-0.2, -0.15) is 0 Å². The number of aromatic nitrogens is 3. The summed E-state index contributed by atoms with van der Waals surface area (Å²) in [7, 11) is 4.13. The predicted octanol–water partition coefficient (Wildman–Crippen LogP) is 2.17. The third kappa shape index (κ3) is 4.64. The molecular formula is C12H23ClN4. The summed E-state index contributed by atoms with van der Waals surface area (Å²) in [5.74, 6) is 1.14. The molecule has 0 radical (unpaired) electrons. The summed E-state index contributed by atoms with van der Waals surface area (Å²) in [5.41, 5.74) is 2.14. The van der Waals surface area contributed by atoms with Crippen LogP contribution in [0.1, 0.15) is 31.7 Å². The molecule has 0 bridgehead atoms. The maximum absolute atomic E-state index is 5.90. The van der Waals surface area contributed by atoms with Crippen molar-refractivity contribution in [2.24, 2.45) is 5.92 Å². The lowest BCUT2D eigenvalue weighted by molar-refractivity contribution is 0.365. The van der Waals surface area contributed by atoms with Crippen molar-refractivity contribution >= 4 is 11.6 Å². The van der Waals surface area contributed by atoms with Crippen LogP contribution in [0.15, 0.2) is 0 Å².